The lowest BCUT2D eigenvalue weighted by atomic mass is 10.1. The Bertz CT molecular complexity index is 1080. The Labute approximate surface area is 138 Å². The molecule has 0 radical (unpaired) electrons. The summed E-state index contributed by atoms with van der Waals surface area (Å²) >= 11 is 0. The Morgan fingerprint density at radius 2 is 1.71 bits per heavy atom. The lowest BCUT2D eigenvalue weighted by Crippen LogP contribution is -2.19. The molecular weight excluding hydrogens is 300 g/mol. The van der Waals surface area contributed by atoms with Gasteiger partial charge in [0.2, 0.25) is 0 Å². The zero-order valence-corrected chi connectivity index (χ0v) is 13.4. The summed E-state index contributed by atoms with van der Waals surface area (Å²) in [5.74, 6) is 0. The first kappa shape index (κ1) is 14.4. The molecule has 5 heteroatoms. The number of benzene rings is 1. The van der Waals surface area contributed by atoms with Crippen LogP contribution in [0.15, 0.2) is 59.7 Å². The third-order valence-electron chi connectivity index (χ3n) is 4.15. The van der Waals surface area contributed by atoms with Crippen LogP contribution in [-0.4, -0.2) is 19.6 Å². The highest BCUT2D eigenvalue weighted by molar-refractivity contribution is 5.81. The van der Waals surface area contributed by atoms with E-state index < -0.39 is 0 Å². The van der Waals surface area contributed by atoms with Crippen molar-refractivity contribution >= 4 is 5.65 Å². The SMILES string of the molecule is Cc1nc2c(-c3ccccc3)c(C)[nH]n2c(=O)c1-c1cccnc1. The van der Waals surface area contributed by atoms with Gasteiger partial charge in [-0.3, -0.25) is 14.9 Å². The molecule has 0 saturated carbocycles. The zero-order valence-electron chi connectivity index (χ0n) is 13.4. The molecule has 3 aromatic heterocycles. The second-order valence-electron chi connectivity index (χ2n) is 5.76. The van der Waals surface area contributed by atoms with Crippen molar-refractivity contribution in [2.45, 2.75) is 13.8 Å². The lowest BCUT2D eigenvalue weighted by Gasteiger charge is -2.06. The van der Waals surface area contributed by atoms with Gasteiger partial charge in [0.1, 0.15) is 0 Å². The van der Waals surface area contributed by atoms with Gasteiger partial charge >= 0.3 is 0 Å². The molecule has 1 aromatic carbocycles. The maximum Gasteiger partial charge on any atom is 0.280 e. The van der Waals surface area contributed by atoms with Crippen molar-refractivity contribution in [2.75, 3.05) is 0 Å². The minimum absolute atomic E-state index is 0.115. The van der Waals surface area contributed by atoms with Gasteiger partial charge in [-0.15, -0.1) is 0 Å². The van der Waals surface area contributed by atoms with Crippen LogP contribution in [-0.2, 0) is 0 Å². The summed E-state index contributed by atoms with van der Waals surface area (Å²) < 4.78 is 1.52. The number of H-pyrrole nitrogens is 1. The van der Waals surface area contributed by atoms with Gasteiger partial charge in [0.15, 0.2) is 5.65 Å². The second-order valence-corrected chi connectivity index (χ2v) is 5.76. The Balaban J connectivity index is 2.05. The maximum absolute atomic E-state index is 13.0. The van der Waals surface area contributed by atoms with Crippen LogP contribution in [0.4, 0.5) is 0 Å². The van der Waals surface area contributed by atoms with Crippen molar-refractivity contribution in [3.05, 3.63) is 76.6 Å². The van der Waals surface area contributed by atoms with E-state index in [1.165, 1.54) is 4.52 Å². The van der Waals surface area contributed by atoms with E-state index in [1.54, 1.807) is 12.4 Å². The van der Waals surface area contributed by atoms with E-state index in [9.17, 15) is 4.79 Å². The van der Waals surface area contributed by atoms with Crippen molar-refractivity contribution in [1.82, 2.24) is 19.6 Å². The average molecular weight is 316 g/mol. The van der Waals surface area contributed by atoms with Crippen LogP contribution in [0.3, 0.4) is 0 Å². The van der Waals surface area contributed by atoms with E-state index in [1.807, 2.05) is 56.3 Å². The molecule has 0 aliphatic rings. The molecule has 0 saturated heterocycles. The van der Waals surface area contributed by atoms with E-state index in [4.69, 9.17) is 4.98 Å². The Morgan fingerprint density at radius 3 is 2.42 bits per heavy atom. The number of fused-ring (bicyclic) bond motifs is 1. The fourth-order valence-corrected chi connectivity index (χ4v) is 3.08. The summed E-state index contributed by atoms with van der Waals surface area (Å²) in [6.45, 7) is 3.82. The first-order valence-corrected chi connectivity index (χ1v) is 7.74. The topological polar surface area (TPSA) is 63.1 Å². The largest absolute Gasteiger partial charge is 0.293 e. The molecule has 0 aliphatic heterocycles. The molecule has 4 aromatic rings. The summed E-state index contributed by atoms with van der Waals surface area (Å²) in [5, 5.41) is 3.15. The Morgan fingerprint density at radius 1 is 0.958 bits per heavy atom. The first-order valence-electron chi connectivity index (χ1n) is 7.74. The number of rotatable bonds is 2. The van der Waals surface area contributed by atoms with Gasteiger partial charge in [0, 0.05) is 29.2 Å². The minimum Gasteiger partial charge on any atom is -0.293 e. The molecule has 0 amide bonds. The first-order chi connectivity index (χ1) is 11.7. The van der Waals surface area contributed by atoms with Crippen LogP contribution in [0.5, 0.6) is 0 Å². The van der Waals surface area contributed by atoms with Gasteiger partial charge in [-0.1, -0.05) is 36.4 Å². The van der Waals surface area contributed by atoms with Gasteiger partial charge < -0.3 is 0 Å². The molecule has 0 aliphatic carbocycles. The standard InChI is InChI=1S/C19H16N4O/c1-12-17(15-9-6-10-20-11-15)19(24)23-18(21-12)16(13(2)22-23)14-7-4-3-5-8-14/h3-11,22H,1-2H3. The quantitative estimate of drug-likeness (QED) is 0.617. The molecule has 118 valence electrons. The number of nitrogens with zero attached hydrogens (tertiary/aromatic N) is 3. The number of nitrogens with one attached hydrogen (secondary N) is 1. The molecular formula is C19H16N4O. The van der Waals surface area contributed by atoms with Crippen LogP contribution < -0.4 is 5.56 Å². The van der Waals surface area contributed by atoms with Gasteiger partial charge in [-0.05, 0) is 25.5 Å². The van der Waals surface area contributed by atoms with E-state index in [-0.39, 0.29) is 5.56 Å². The van der Waals surface area contributed by atoms with Crippen molar-refractivity contribution in [1.29, 1.82) is 0 Å². The molecule has 0 spiro atoms. The predicted molar refractivity (Wildman–Crippen MR) is 94.0 cm³/mol. The number of pyridine rings is 1. The number of aromatic nitrogens is 4. The van der Waals surface area contributed by atoms with Crippen LogP contribution in [0.2, 0.25) is 0 Å². The zero-order chi connectivity index (χ0) is 16.7. The summed E-state index contributed by atoms with van der Waals surface area (Å²) in [6.07, 6.45) is 3.38. The minimum atomic E-state index is -0.115. The molecule has 24 heavy (non-hydrogen) atoms. The normalized spacial score (nSPS) is 11.1. The Hall–Kier alpha value is -3.21. The monoisotopic (exact) mass is 316 g/mol. The van der Waals surface area contributed by atoms with Crippen molar-refractivity contribution < 1.29 is 0 Å². The number of aryl methyl sites for hydroxylation is 2. The summed E-state index contributed by atoms with van der Waals surface area (Å²) in [4.78, 5) is 21.8. The highest BCUT2D eigenvalue weighted by Crippen LogP contribution is 2.27. The third-order valence-corrected chi connectivity index (χ3v) is 4.15. The molecule has 4 rings (SSSR count). The van der Waals surface area contributed by atoms with Gasteiger partial charge in [0.05, 0.1) is 11.3 Å². The van der Waals surface area contributed by atoms with Gasteiger partial charge in [0.25, 0.3) is 5.56 Å². The molecule has 3 heterocycles. The molecule has 5 nitrogen and oxygen atoms in total. The average Bonchev–Trinajstić information content (AvgIpc) is 2.93. The van der Waals surface area contributed by atoms with Crippen LogP contribution in [0, 0.1) is 13.8 Å². The Kier molecular flexibility index (Phi) is 3.27. The van der Waals surface area contributed by atoms with Crippen molar-refractivity contribution in [2.24, 2.45) is 0 Å². The molecule has 0 atom stereocenters. The predicted octanol–water partition coefficient (Wildman–Crippen LogP) is 3.37. The van der Waals surface area contributed by atoms with E-state index in [0.29, 0.717) is 16.9 Å². The molecule has 0 unspecified atom stereocenters. The second kappa shape index (κ2) is 5.45. The number of hydrogen-bond donors (Lipinski definition) is 1. The highest BCUT2D eigenvalue weighted by Gasteiger charge is 2.18. The van der Waals surface area contributed by atoms with Crippen molar-refractivity contribution in [3.63, 3.8) is 0 Å². The number of aromatic amines is 1. The third kappa shape index (κ3) is 2.13. The lowest BCUT2D eigenvalue weighted by molar-refractivity contribution is 0.876. The van der Waals surface area contributed by atoms with Crippen LogP contribution >= 0.6 is 0 Å². The van der Waals surface area contributed by atoms with Crippen molar-refractivity contribution in [3.8, 4) is 22.3 Å². The van der Waals surface area contributed by atoms with Crippen LogP contribution in [0.1, 0.15) is 11.4 Å². The fraction of sp³-hybridized carbons (Fsp3) is 0.105. The highest BCUT2D eigenvalue weighted by atomic mass is 16.1. The van der Waals surface area contributed by atoms with Gasteiger partial charge in [-0.2, -0.15) is 0 Å². The number of hydrogen-bond acceptors (Lipinski definition) is 3. The molecule has 1 N–H and O–H groups in total. The molecule has 0 bridgehead atoms. The van der Waals surface area contributed by atoms with E-state index in [2.05, 4.69) is 10.1 Å². The van der Waals surface area contributed by atoms with Gasteiger partial charge in [-0.25, -0.2) is 9.50 Å². The smallest absolute Gasteiger partial charge is 0.280 e. The van der Waals surface area contributed by atoms with Crippen LogP contribution in [0.25, 0.3) is 27.9 Å². The van der Waals surface area contributed by atoms with E-state index in [0.717, 1.165) is 22.4 Å². The summed E-state index contributed by atoms with van der Waals surface area (Å²) in [7, 11) is 0. The van der Waals surface area contributed by atoms with E-state index >= 15 is 0 Å². The maximum atomic E-state index is 13.0. The molecule has 0 fully saturated rings. The fourth-order valence-electron chi connectivity index (χ4n) is 3.08. The summed E-state index contributed by atoms with van der Waals surface area (Å²) in [5.41, 5.74) is 5.47. The summed E-state index contributed by atoms with van der Waals surface area (Å²) in [6, 6.07) is 13.7.